The summed E-state index contributed by atoms with van der Waals surface area (Å²) >= 11 is 0. The first-order chi connectivity index (χ1) is 14.9. The number of aromatic nitrogens is 2. The van der Waals surface area contributed by atoms with Crippen molar-refractivity contribution < 1.29 is 9.18 Å². The zero-order chi connectivity index (χ0) is 22.4. The first-order valence-corrected chi connectivity index (χ1v) is 9.39. The van der Waals surface area contributed by atoms with E-state index in [0.717, 1.165) is 5.57 Å². The first-order valence-electron chi connectivity index (χ1n) is 9.39. The number of nitrogens with one attached hydrogen (secondary N) is 3. The number of urea groups is 1. The maximum atomic E-state index is 13.3. The van der Waals surface area contributed by atoms with Gasteiger partial charge in [-0.1, -0.05) is 12.2 Å². The maximum absolute atomic E-state index is 13.3. The molecule has 0 radical (unpaired) electrons. The van der Waals surface area contributed by atoms with E-state index < -0.39 is 6.03 Å². The number of allylic oxidation sites excluding steroid dienone is 4. The molecule has 31 heavy (non-hydrogen) atoms. The van der Waals surface area contributed by atoms with Crippen LogP contribution in [0, 0.1) is 16.7 Å². The molecule has 8 nitrogen and oxygen atoms in total. The summed E-state index contributed by atoms with van der Waals surface area (Å²) in [7, 11) is 0. The molecule has 2 amide bonds. The van der Waals surface area contributed by atoms with Gasteiger partial charge in [-0.15, -0.1) is 0 Å². The summed E-state index contributed by atoms with van der Waals surface area (Å²) < 4.78 is 13.3. The van der Waals surface area contributed by atoms with Gasteiger partial charge in [-0.05, 0) is 43.2 Å². The predicted molar refractivity (Wildman–Crippen MR) is 116 cm³/mol. The normalized spacial score (nSPS) is 13.8. The fraction of sp³-hybridized carbons (Fsp3) is 0.136. The van der Waals surface area contributed by atoms with Crippen LogP contribution < -0.4 is 16.4 Å². The number of nitriles is 1. The van der Waals surface area contributed by atoms with E-state index in [4.69, 9.17) is 16.4 Å². The van der Waals surface area contributed by atoms with Crippen LogP contribution in [0.15, 0.2) is 66.3 Å². The average Bonchev–Trinajstić information content (AvgIpc) is 2.98. The summed E-state index contributed by atoms with van der Waals surface area (Å²) in [5, 5.41) is 22.7. The second kappa shape index (κ2) is 9.45. The summed E-state index contributed by atoms with van der Waals surface area (Å²) in [5.41, 5.74) is 8.20. The molecule has 0 aromatic carbocycles. The van der Waals surface area contributed by atoms with Crippen LogP contribution in [0.5, 0.6) is 0 Å². The van der Waals surface area contributed by atoms with Crippen LogP contribution in [-0.2, 0) is 0 Å². The van der Waals surface area contributed by atoms with Crippen molar-refractivity contribution in [1.29, 1.82) is 10.7 Å². The lowest BCUT2D eigenvalue weighted by Crippen LogP contribution is -2.37. The smallest absolute Gasteiger partial charge is 0.320 e. The monoisotopic (exact) mass is 417 g/mol. The van der Waals surface area contributed by atoms with E-state index in [1.807, 2.05) is 12.1 Å². The number of amides is 2. The number of halogens is 1. The van der Waals surface area contributed by atoms with Gasteiger partial charge in [0.2, 0.25) is 0 Å². The van der Waals surface area contributed by atoms with Gasteiger partial charge in [0.25, 0.3) is 0 Å². The Labute approximate surface area is 178 Å². The molecule has 0 fully saturated rings. The molecular formula is C22H20FN7O. The number of anilines is 2. The van der Waals surface area contributed by atoms with Crippen LogP contribution in [0.25, 0.3) is 0 Å². The van der Waals surface area contributed by atoms with Gasteiger partial charge < -0.3 is 11.1 Å². The Morgan fingerprint density at radius 3 is 2.87 bits per heavy atom. The molecule has 1 unspecified atom stereocenters. The summed E-state index contributed by atoms with van der Waals surface area (Å²) in [6, 6.07) is 5.62. The molecule has 3 rings (SSSR count). The molecule has 156 valence electrons. The Morgan fingerprint density at radius 2 is 2.13 bits per heavy atom. The van der Waals surface area contributed by atoms with Gasteiger partial charge in [0.15, 0.2) is 0 Å². The standard InChI is InChI=1S/C22H20FN7O/c1-13(14-3-2-4-16(23)6-5-14)29-22(31)30-20-10-19(25)18(12-28-20)21(26)15-7-8-27-17(9-15)11-24/h3-10,12-13,26H,2H2,1H3,(H4,25,28,29,30,31). The van der Waals surface area contributed by atoms with Gasteiger partial charge >= 0.3 is 6.03 Å². The molecule has 1 aliphatic rings. The number of carbonyl (C=O) groups excluding carboxylic acids is 1. The van der Waals surface area contributed by atoms with Gasteiger partial charge in [-0.25, -0.2) is 19.2 Å². The van der Waals surface area contributed by atoms with Crippen molar-refractivity contribution >= 4 is 23.2 Å². The third kappa shape index (κ3) is 5.39. The molecule has 2 aromatic heterocycles. The molecule has 2 heterocycles. The maximum Gasteiger partial charge on any atom is 0.320 e. The van der Waals surface area contributed by atoms with E-state index >= 15 is 0 Å². The second-order valence-corrected chi connectivity index (χ2v) is 6.76. The number of hydrogen-bond acceptors (Lipinski definition) is 6. The van der Waals surface area contributed by atoms with Crippen molar-refractivity contribution in [3.8, 4) is 6.07 Å². The Bertz CT molecular complexity index is 1160. The molecule has 0 saturated carbocycles. The van der Waals surface area contributed by atoms with E-state index in [1.165, 1.54) is 36.7 Å². The van der Waals surface area contributed by atoms with Crippen LogP contribution in [0.2, 0.25) is 0 Å². The Hall–Kier alpha value is -4.32. The molecule has 1 atom stereocenters. The molecule has 0 bridgehead atoms. The van der Waals surface area contributed by atoms with Crippen LogP contribution in [0.4, 0.5) is 20.7 Å². The number of hydrogen-bond donors (Lipinski definition) is 4. The van der Waals surface area contributed by atoms with E-state index in [-0.39, 0.29) is 34.8 Å². The van der Waals surface area contributed by atoms with Crippen molar-refractivity contribution in [2.45, 2.75) is 19.4 Å². The minimum absolute atomic E-state index is 0.0847. The quantitative estimate of drug-likeness (QED) is 0.550. The van der Waals surface area contributed by atoms with Crippen molar-refractivity contribution in [3.05, 3.63) is 83.1 Å². The summed E-state index contributed by atoms with van der Waals surface area (Å²) in [4.78, 5) is 20.4. The lowest BCUT2D eigenvalue weighted by atomic mass is 10.0. The van der Waals surface area contributed by atoms with Crippen molar-refractivity contribution in [1.82, 2.24) is 15.3 Å². The number of nitrogens with zero attached hydrogens (tertiary/aromatic N) is 3. The Balaban J connectivity index is 1.66. The number of nitrogens with two attached hydrogens (primary N) is 1. The molecule has 0 aliphatic heterocycles. The molecule has 9 heteroatoms. The molecule has 2 aromatic rings. The average molecular weight is 417 g/mol. The van der Waals surface area contributed by atoms with E-state index in [1.54, 1.807) is 19.1 Å². The largest absolute Gasteiger partial charge is 0.398 e. The van der Waals surface area contributed by atoms with Gasteiger partial charge in [0.1, 0.15) is 23.4 Å². The highest BCUT2D eigenvalue weighted by atomic mass is 19.1. The molecule has 0 saturated heterocycles. The molecule has 0 spiro atoms. The van der Waals surface area contributed by atoms with Crippen molar-refractivity contribution in [2.24, 2.45) is 0 Å². The second-order valence-electron chi connectivity index (χ2n) is 6.76. The summed E-state index contributed by atoms with van der Waals surface area (Å²) in [6.07, 6.45) is 9.53. The van der Waals surface area contributed by atoms with Gasteiger partial charge in [-0.3, -0.25) is 10.7 Å². The lowest BCUT2D eigenvalue weighted by molar-refractivity contribution is 0.250. The van der Waals surface area contributed by atoms with E-state index in [9.17, 15) is 9.18 Å². The molecule has 5 N–H and O–H groups in total. The van der Waals surface area contributed by atoms with Gasteiger partial charge in [0, 0.05) is 35.3 Å². The van der Waals surface area contributed by atoms with Gasteiger partial charge in [0.05, 0.1) is 11.8 Å². The summed E-state index contributed by atoms with van der Waals surface area (Å²) in [5.74, 6) is -0.104. The minimum atomic E-state index is -0.498. The zero-order valence-corrected chi connectivity index (χ0v) is 16.7. The summed E-state index contributed by atoms with van der Waals surface area (Å²) in [6.45, 7) is 1.79. The highest BCUT2D eigenvalue weighted by Gasteiger charge is 2.14. The number of nitrogen functional groups attached to an aromatic ring is 1. The molecular weight excluding hydrogens is 397 g/mol. The van der Waals surface area contributed by atoms with Crippen LogP contribution in [-0.4, -0.2) is 27.8 Å². The third-order valence-electron chi connectivity index (χ3n) is 4.56. The predicted octanol–water partition coefficient (Wildman–Crippen LogP) is 3.60. The van der Waals surface area contributed by atoms with E-state index in [0.29, 0.717) is 17.5 Å². The number of pyridine rings is 2. The van der Waals surface area contributed by atoms with E-state index in [2.05, 4.69) is 20.6 Å². The fourth-order valence-electron chi connectivity index (χ4n) is 2.92. The number of rotatable bonds is 5. The minimum Gasteiger partial charge on any atom is -0.398 e. The first kappa shape index (κ1) is 21.4. The highest BCUT2D eigenvalue weighted by molar-refractivity contribution is 6.13. The zero-order valence-electron chi connectivity index (χ0n) is 16.7. The van der Waals surface area contributed by atoms with Crippen LogP contribution in [0.1, 0.15) is 30.2 Å². The van der Waals surface area contributed by atoms with Crippen LogP contribution >= 0.6 is 0 Å². The third-order valence-corrected chi connectivity index (χ3v) is 4.56. The molecule has 1 aliphatic carbocycles. The lowest BCUT2D eigenvalue weighted by Gasteiger charge is -2.16. The van der Waals surface area contributed by atoms with Gasteiger partial charge in [-0.2, -0.15) is 5.26 Å². The highest BCUT2D eigenvalue weighted by Crippen LogP contribution is 2.19. The fourth-order valence-corrected chi connectivity index (χ4v) is 2.92. The Kier molecular flexibility index (Phi) is 6.52. The van der Waals surface area contributed by atoms with Crippen molar-refractivity contribution in [2.75, 3.05) is 11.1 Å². The number of carbonyl (C=O) groups is 1. The van der Waals surface area contributed by atoms with Crippen LogP contribution in [0.3, 0.4) is 0 Å². The Morgan fingerprint density at radius 1 is 1.32 bits per heavy atom. The van der Waals surface area contributed by atoms with Crippen molar-refractivity contribution in [3.63, 3.8) is 0 Å². The SMILES string of the molecule is CC(NC(=O)Nc1cc(N)c(C(=N)c2ccnc(C#N)c2)cn1)C1=CCC=C(F)C=C1. The topological polar surface area (TPSA) is 141 Å².